The summed E-state index contributed by atoms with van der Waals surface area (Å²) in [5, 5.41) is 10.9. The van der Waals surface area contributed by atoms with Gasteiger partial charge in [-0.15, -0.1) is 0 Å². The first-order chi connectivity index (χ1) is 7.10. The molecule has 1 rings (SSSR count). The summed E-state index contributed by atoms with van der Waals surface area (Å²) in [5.74, 6) is 0. The average molecular weight is 231 g/mol. The molecule has 5 nitrogen and oxygen atoms in total. The molecule has 15 heavy (non-hydrogen) atoms. The Kier molecular flexibility index (Phi) is 4.51. The van der Waals surface area contributed by atoms with E-state index in [-0.39, 0.29) is 0 Å². The highest BCUT2D eigenvalue weighted by Gasteiger charge is 2.23. The molecule has 0 heterocycles. The standard InChI is InChI=1S/C9H17N3O2S/c1-2-9(7-10)15(13,14)12-6-5-11-8-3-4-8/h8-9,11-12H,2-6H2,1H3. The second-order valence-corrected chi connectivity index (χ2v) is 5.64. The van der Waals surface area contributed by atoms with Gasteiger partial charge < -0.3 is 5.32 Å². The topological polar surface area (TPSA) is 82.0 Å². The van der Waals surface area contributed by atoms with Crippen molar-refractivity contribution in [3.8, 4) is 6.07 Å². The van der Waals surface area contributed by atoms with Gasteiger partial charge in [0.15, 0.2) is 5.25 Å². The maximum atomic E-state index is 11.5. The number of nitriles is 1. The molecule has 1 atom stereocenters. The molecule has 1 saturated carbocycles. The average Bonchev–Trinajstić information content (AvgIpc) is 2.97. The smallest absolute Gasteiger partial charge is 0.228 e. The summed E-state index contributed by atoms with van der Waals surface area (Å²) in [7, 11) is -3.45. The second kappa shape index (κ2) is 5.45. The van der Waals surface area contributed by atoms with E-state index in [1.165, 1.54) is 12.8 Å². The van der Waals surface area contributed by atoms with Crippen LogP contribution in [0.2, 0.25) is 0 Å². The number of hydrogen-bond donors (Lipinski definition) is 2. The summed E-state index contributed by atoms with van der Waals surface area (Å²) >= 11 is 0. The summed E-state index contributed by atoms with van der Waals surface area (Å²) in [6.45, 7) is 2.68. The highest BCUT2D eigenvalue weighted by atomic mass is 32.2. The Morgan fingerprint density at radius 2 is 2.13 bits per heavy atom. The summed E-state index contributed by atoms with van der Waals surface area (Å²) in [5.41, 5.74) is 0. The quantitative estimate of drug-likeness (QED) is 0.602. The van der Waals surface area contributed by atoms with Gasteiger partial charge in [-0.25, -0.2) is 13.1 Å². The van der Waals surface area contributed by atoms with Crippen LogP contribution < -0.4 is 10.0 Å². The molecule has 0 radical (unpaired) electrons. The highest BCUT2D eigenvalue weighted by molar-refractivity contribution is 7.90. The van der Waals surface area contributed by atoms with Crippen molar-refractivity contribution in [1.82, 2.24) is 10.0 Å². The first-order valence-electron chi connectivity index (χ1n) is 5.21. The van der Waals surface area contributed by atoms with Gasteiger partial charge in [0.1, 0.15) is 0 Å². The van der Waals surface area contributed by atoms with E-state index in [9.17, 15) is 8.42 Å². The molecule has 0 bridgehead atoms. The minimum Gasteiger partial charge on any atom is -0.313 e. The fraction of sp³-hybridized carbons (Fsp3) is 0.889. The zero-order valence-corrected chi connectivity index (χ0v) is 9.68. The first-order valence-corrected chi connectivity index (χ1v) is 6.76. The molecule has 0 aromatic carbocycles. The van der Waals surface area contributed by atoms with Crippen molar-refractivity contribution in [3.05, 3.63) is 0 Å². The lowest BCUT2D eigenvalue weighted by Gasteiger charge is -2.10. The molecule has 86 valence electrons. The van der Waals surface area contributed by atoms with Gasteiger partial charge in [0.2, 0.25) is 10.0 Å². The van der Waals surface area contributed by atoms with E-state index >= 15 is 0 Å². The summed E-state index contributed by atoms with van der Waals surface area (Å²) < 4.78 is 25.4. The SMILES string of the molecule is CCC(C#N)S(=O)(=O)NCCNC1CC1. The molecule has 1 unspecified atom stereocenters. The Morgan fingerprint density at radius 1 is 1.47 bits per heavy atom. The Labute approximate surface area is 90.9 Å². The van der Waals surface area contributed by atoms with Crippen LogP contribution in [0.4, 0.5) is 0 Å². The van der Waals surface area contributed by atoms with Crippen molar-refractivity contribution in [2.75, 3.05) is 13.1 Å². The number of sulfonamides is 1. The van der Waals surface area contributed by atoms with Gasteiger partial charge in [-0.3, -0.25) is 0 Å². The van der Waals surface area contributed by atoms with Gasteiger partial charge >= 0.3 is 0 Å². The third-order valence-electron chi connectivity index (χ3n) is 2.33. The number of nitrogens with one attached hydrogen (secondary N) is 2. The molecule has 6 heteroatoms. The van der Waals surface area contributed by atoms with Gasteiger partial charge in [0.05, 0.1) is 6.07 Å². The third-order valence-corrected chi connectivity index (χ3v) is 4.12. The van der Waals surface area contributed by atoms with E-state index in [2.05, 4.69) is 10.0 Å². The Balaban J connectivity index is 2.25. The Bertz CT molecular complexity index is 330. The van der Waals surface area contributed by atoms with Crippen LogP contribution in [-0.2, 0) is 10.0 Å². The molecule has 0 amide bonds. The van der Waals surface area contributed by atoms with Gasteiger partial charge in [-0.05, 0) is 19.3 Å². The van der Waals surface area contributed by atoms with Crippen LogP contribution in [0, 0.1) is 11.3 Å². The molecule has 2 N–H and O–H groups in total. The van der Waals surface area contributed by atoms with E-state index in [1.807, 2.05) is 0 Å². The fourth-order valence-corrected chi connectivity index (χ4v) is 2.40. The minimum absolute atomic E-state index is 0.321. The molecule has 0 aliphatic heterocycles. The van der Waals surface area contributed by atoms with Gasteiger partial charge in [0, 0.05) is 19.1 Å². The molecular formula is C9H17N3O2S. The zero-order valence-electron chi connectivity index (χ0n) is 8.86. The van der Waals surface area contributed by atoms with Gasteiger partial charge in [-0.2, -0.15) is 5.26 Å². The summed E-state index contributed by atoms with van der Waals surface area (Å²) in [4.78, 5) is 0. The predicted octanol–water partition coefficient (Wildman–Crippen LogP) is -0.0400. The lowest BCUT2D eigenvalue weighted by molar-refractivity contribution is 0.567. The highest BCUT2D eigenvalue weighted by Crippen LogP contribution is 2.17. The monoisotopic (exact) mass is 231 g/mol. The molecule has 1 aliphatic carbocycles. The van der Waals surface area contributed by atoms with Crippen molar-refractivity contribution in [2.24, 2.45) is 0 Å². The van der Waals surface area contributed by atoms with Crippen LogP contribution in [0.5, 0.6) is 0 Å². The maximum absolute atomic E-state index is 11.5. The third kappa shape index (κ3) is 4.16. The predicted molar refractivity (Wildman–Crippen MR) is 57.6 cm³/mol. The van der Waals surface area contributed by atoms with Crippen LogP contribution in [-0.4, -0.2) is 32.8 Å². The van der Waals surface area contributed by atoms with Crippen molar-refractivity contribution in [1.29, 1.82) is 5.26 Å². The maximum Gasteiger partial charge on any atom is 0.228 e. The second-order valence-electron chi connectivity index (χ2n) is 3.69. The lowest BCUT2D eigenvalue weighted by Crippen LogP contribution is -2.37. The number of hydrogen-bond acceptors (Lipinski definition) is 4. The van der Waals surface area contributed by atoms with Crippen molar-refractivity contribution in [3.63, 3.8) is 0 Å². The summed E-state index contributed by atoms with van der Waals surface area (Å²) in [6, 6.07) is 2.36. The molecular weight excluding hydrogens is 214 g/mol. The minimum atomic E-state index is -3.45. The number of nitrogens with zero attached hydrogens (tertiary/aromatic N) is 1. The molecule has 0 aromatic heterocycles. The zero-order chi connectivity index (χ0) is 11.3. The first kappa shape index (κ1) is 12.4. The van der Waals surface area contributed by atoms with Crippen molar-refractivity contribution in [2.45, 2.75) is 37.5 Å². The van der Waals surface area contributed by atoms with Crippen molar-refractivity contribution >= 4 is 10.0 Å². The lowest BCUT2D eigenvalue weighted by atomic mass is 10.4. The van der Waals surface area contributed by atoms with Crippen molar-refractivity contribution < 1.29 is 8.42 Å². The van der Waals surface area contributed by atoms with Crippen LogP contribution in [0.3, 0.4) is 0 Å². The largest absolute Gasteiger partial charge is 0.313 e. The Hall–Kier alpha value is -0.640. The molecule has 0 spiro atoms. The number of rotatable bonds is 7. The van der Waals surface area contributed by atoms with E-state index in [0.29, 0.717) is 25.6 Å². The van der Waals surface area contributed by atoms with Gasteiger partial charge in [-0.1, -0.05) is 6.92 Å². The van der Waals surface area contributed by atoms with E-state index in [4.69, 9.17) is 5.26 Å². The molecule has 0 saturated heterocycles. The van der Waals surface area contributed by atoms with E-state index in [0.717, 1.165) is 0 Å². The van der Waals surface area contributed by atoms with Crippen LogP contribution in [0.15, 0.2) is 0 Å². The van der Waals surface area contributed by atoms with Crippen LogP contribution in [0.25, 0.3) is 0 Å². The fourth-order valence-electron chi connectivity index (χ4n) is 1.24. The Morgan fingerprint density at radius 3 is 2.60 bits per heavy atom. The normalized spacial score (nSPS) is 18.4. The van der Waals surface area contributed by atoms with Crippen LogP contribution >= 0.6 is 0 Å². The van der Waals surface area contributed by atoms with E-state index in [1.54, 1.807) is 13.0 Å². The van der Waals surface area contributed by atoms with Gasteiger partial charge in [0.25, 0.3) is 0 Å². The molecule has 1 fully saturated rings. The van der Waals surface area contributed by atoms with E-state index < -0.39 is 15.3 Å². The summed E-state index contributed by atoms with van der Waals surface area (Å²) in [6.07, 6.45) is 2.69. The molecule has 1 aliphatic rings. The van der Waals surface area contributed by atoms with Crippen LogP contribution in [0.1, 0.15) is 26.2 Å². The molecule has 0 aromatic rings.